The summed E-state index contributed by atoms with van der Waals surface area (Å²) in [6, 6.07) is 1.19. The zero-order valence-electron chi connectivity index (χ0n) is 13.1. The van der Waals surface area contributed by atoms with Crippen LogP contribution in [0.25, 0.3) is 0 Å². The van der Waals surface area contributed by atoms with Crippen LogP contribution in [0.2, 0.25) is 0 Å². The maximum absolute atomic E-state index is 13.3. The Hall–Kier alpha value is -1.69. The van der Waals surface area contributed by atoms with Gasteiger partial charge in [-0.2, -0.15) is 0 Å². The van der Waals surface area contributed by atoms with Crippen LogP contribution in [0.4, 0.5) is 10.2 Å². The van der Waals surface area contributed by atoms with E-state index < -0.39 is 11.4 Å². The molecule has 0 fully saturated rings. The minimum atomic E-state index is -0.536. The Morgan fingerprint density at radius 2 is 2.14 bits per heavy atom. The van der Waals surface area contributed by atoms with Crippen molar-refractivity contribution in [2.45, 2.75) is 39.7 Å². The minimum absolute atomic E-state index is 0.204. The summed E-state index contributed by atoms with van der Waals surface area (Å²) < 4.78 is 18.8. The maximum atomic E-state index is 13.3. The van der Waals surface area contributed by atoms with Crippen molar-refractivity contribution in [1.29, 1.82) is 0 Å². The van der Waals surface area contributed by atoms with Crippen LogP contribution >= 0.6 is 0 Å². The van der Waals surface area contributed by atoms with E-state index in [-0.39, 0.29) is 11.5 Å². The van der Waals surface area contributed by atoms with Crippen molar-refractivity contribution < 1.29 is 13.9 Å². The number of rotatable bonds is 8. The zero-order valence-corrected chi connectivity index (χ0v) is 13.1. The van der Waals surface area contributed by atoms with Gasteiger partial charge >= 0.3 is 0 Å². The van der Waals surface area contributed by atoms with Gasteiger partial charge in [-0.25, -0.2) is 9.37 Å². The molecule has 0 saturated heterocycles. The smallest absolute Gasteiger partial charge is 0.255 e. The Balaban J connectivity index is 2.78. The number of halogens is 1. The molecule has 2 N–H and O–H groups in total. The van der Waals surface area contributed by atoms with Crippen molar-refractivity contribution >= 4 is 11.7 Å². The summed E-state index contributed by atoms with van der Waals surface area (Å²) in [6.07, 6.45) is 1.98. The van der Waals surface area contributed by atoms with Gasteiger partial charge in [-0.05, 0) is 33.3 Å². The van der Waals surface area contributed by atoms with E-state index in [0.29, 0.717) is 25.5 Å². The molecule has 0 bridgehead atoms. The summed E-state index contributed by atoms with van der Waals surface area (Å²) in [5, 5.41) is 5.78. The lowest BCUT2D eigenvalue weighted by Crippen LogP contribution is -2.40. The first-order chi connectivity index (χ1) is 9.89. The molecule has 0 aliphatic rings. The summed E-state index contributed by atoms with van der Waals surface area (Å²) in [5.41, 5.74) is -0.266. The lowest BCUT2D eigenvalue weighted by atomic mass is 10.1. The van der Waals surface area contributed by atoms with E-state index in [0.717, 1.165) is 12.6 Å². The van der Waals surface area contributed by atoms with E-state index in [2.05, 4.69) is 15.6 Å². The molecular formula is C15H24FN3O2. The van der Waals surface area contributed by atoms with Crippen LogP contribution in [-0.2, 0) is 4.74 Å². The van der Waals surface area contributed by atoms with Gasteiger partial charge in [-0.15, -0.1) is 0 Å². The summed E-state index contributed by atoms with van der Waals surface area (Å²) >= 11 is 0. The number of pyridine rings is 1. The fourth-order valence-electron chi connectivity index (χ4n) is 1.83. The van der Waals surface area contributed by atoms with Gasteiger partial charge in [0.2, 0.25) is 0 Å². The summed E-state index contributed by atoms with van der Waals surface area (Å²) in [6.45, 7) is 9.24. The normalized spacial score (nSPS) is 11.3. The van der Waals surface area contributed by atoms with E-state index in [1.165, 1.54) is 6.07 Å². The highest BCUT2D eigenvalue weighted by Crippen LogP contribution is 2.14. The number of nitrogens with zero attached hydrogens (tertiary/aromatic N) is 1. The van der Waals surface area contributed by atoms with Gasteiger partial charge in [-0.1, -0.05) is 6.92 Å². The Morgan fingerprint density at radius 3 is 2.76 bits per heavy atom. The van der Waals surface area contributed by atoms with E-state index in [9.17, 15) is 9.18 Å². The average Bonchev–Trinajstić information content (AvgIpc) is 2.43. The van der Waals surface area contributed by atoms with Crippen LogP contribution in [0.3, 0.4) is 0 Å². The predicted octanol–water partition coefficient (Wildman–Crippen LogP) is 2.59. The van der Waals surface area contributed by atoms with Crippen molar-refractivity contribution in [1.82, 2.24) is 10.3 Å². The van der Waals surface area contributed by atoms with Crippen LogP contribution in [-0.4, -0.2) is 36.2 Å². The Bertz CT molecular complexity index is 478. The Kier molecular flexibility index (Phi) is 6.55. The van der Waals surface area contributed by atoms with Gasteiger partial charge in [0, 0.05) is 19.7 Å². The van der Waals surface area contributed by atoms with E-state index in [1.54, 1.807) is 0 Å². The van der Waals surface area contributed by atoms with Crippen LogP contribution in [0.5, 0.6) is 0 Å². The molecule has 0 aliphatic carbocycles. The SMILES string of the molecule is CCCNc1ncc(F)cc1C(=O)NCC(C)(C)OCC. The molecule has 0 atom stereocenters. The Morgan fingerprint density at radius 1 is 1.43 bits per heavy atom. The monoisotopic (exact) mass is 297 g/mol. The molecule has 0 saturated carbocycles. The summed E-state index contributed by atoms with van der Waals surface area (Å²) in [7, 11) is 0. The highest BCUT2D eigenvalue weighted by atomic mass is 19.1. The standard InChI is InChI=1S/C15H24FN3O2/c1-5-7-17-13-12(8-11(16)9-18-13)14(20)19-10-15(3,4)21-6-2/h8-9H,5-7,10H2,1-4H3,(H,17,18)(H,19,20). The first-order valence-corrected chi connectivity index (χ1v) is 7.21. The maximum Gasteiger partial charge on any atom is 0.255 e. The third-order valence-corrected chi connectivity index (χ3v) is 2.85. The van der Waals surface area contributed by atoms with Crippen molar-refractivity contribution in [2.24, 2.45) is 0 Å². The molecule has 1 aromatic heterocycles. The van der Waals surface area contributed by atoms with E-state index in [4.69, 9.17) is 4.74 Å². The number of carbonyl (C=O) groups is 1. The molecule has 0 unspecified atom stereocenters. The highest BCUT2D eigenvalue weighted by molar-refractivity contribution is 5.98. The number of aromatic nitrogens is 1. The molecular weight excluding hydrogens is 273 g/mol. The number of hydrogen-bond acceptors (Lipinski definition) is 4. The Labute approximate surface area is 125 Å². The molecule has 0 spiro atoms. The number of ether oxygens (including phenoxy) is 1. The minimum Gasteiger partial charge on any atom is -0.374 e. The van der Waals surface area contributed by atoms with Crippen LogP contribution < -0.4 is 10.6 Å². The number of nitrogens with one attached hydrogen (secondary N) is 2. The van der Waals surface area contributed by atoms with Gasteiger partial charge < -0.3 is 15.4 Å². The fourth-order valence-corrected chi connectivity index (χ4v) is 1.83. The van der Waals surface area contributed by atoms with Gasteiger partial charge in [-0.3, -0.25) is 4.79 Å². The highest BCUT2D eigenvalue weighted by Gasteiger charge is 2.21. The molecule has 118 valence electrons. The molecule has 1 aromatic rings. The molecule has 1 rings (SSSR count). The third kappa shape index (κ3) is 5.67. The molecule has 1 heterocycles. The zero-order chi connectivity index (χ0) is 15.9. The van der Waals surface area contributed by atoms with Gasteiger partial charge in [0.1, 0.15) is 11.6 Å². The molecule has 5 nitrogen and oxygen atoms in total. The average molecular weight is 297 g/mol. The number of anilines is 1. The molecule has 0 aromatic carbocycles. The van der Waals surface area contributed by atoms with Gasteiger partial charge in [0.05, 0.1) is 17.4 Å². The van der Waals surface area contributed by atoms with Crippen molar-refractivity contribution in [3.05, 3.63) is 23.6 Å². The first kappa shape index (κ1) is 17.4. The summed E-state index contributed by atoms with van der Waals surface area (Å²) in [5.74, 6) is -0.510. The van der Waals surface area contributed by atoms with Gasteiger partial charge in [0.15, 0.2) is 0 Å². The third-order valence-electron chi connectivity index (χ3n) is 2.85. The van der Waals surface area contributed by atoms with E-state index in [1.807, 2.05) is 27.7 Å². The quantitative estimate of drug-likeness (QED) is 0.774. The lowest BCUT2D eigenvalue weighted by Gasteiger charge is -2.25. The topological polar surface area (TPSA) is 63.2 Å². The van der Waals surface area contributed by atoms with Crippen LogP contribution in [0.15, 0.2) is 12.3 Å². The second-order valence-electron chi connectivity index (χ2n) is 5.35. The molecule has 6 heteroatoms. The molecule has 1 amide bonds. The fraction of sp³-hybridized carbons (Fsp3) is 0.600. The number of amides is 1. The number of carbonyl (C=O) groups excluding carboxylic acids is 1. The first-order valence-electron chi connectivity index (χ1n) is 7.21. The molecule has 0 aliphatic heterocycles. The van der Waals surface area contributed by atoms with Gasteiger partial charge in [0.25, 0.3) is 5.91 Å². The van der Waals surface area contributed by atoms with E-state index >= 15 is 0 Å². The van der Waals surface area contributed by atoms with Crippen LogP contribution in [0, 0.1) is 5.82 Å². The van der Waals surface area contributed by atoms with Crippen molar-refractivity contribution in [2.75, 3.05) is 25.0 Å². The van der Waals surface area contributed by atoms with Crippen molar-refractivity contribution in [3.63, 3.8) is 0 Å². The predicted molar refractivity (Wildman–Crippen MR) is 81.0 cm³/mol. The molecule has 0 radical (unpaired) electrons. The lowest BCUT2D eigenvalue weighted by molar-refractivity contribution is -0.00815. The number of hydrogen-bond donors (Lipinski definition) is 2. The second kappa shape index (κ2) is 7.93. The molecule has 21 heavy (non-hydrogen) atoms. The van der Waals surface area contributed by atoms with Crippen molar-refractivity contribution in [3.8, 4) is 0 Å². The summed E-state index contributed by atoms with van der Waals surface area (Å²) in [4.78, 5) is 16.2. The largest absolute Gasteiger partial charge is 0.374 e. The second-order valence-corrected chi connectivity index (χ2v) is 5.35. The van der Waals surface area contributed by atoms with Crippen LogP contribution in [0.1, 0.15) is 44.5 Å².